The summed E-state index contributed by atoms with van der Waals surface area (Å²) in [5.74, 6) is -1.23. The number of carboxylic acids is 1. The number of carbonyl (C=O) groups excluding carboxylic acids is 1. The average Bonchev–Trinajstić information content (AvgIpc) is 2.68. The van der Waals surface area contributed by atoms with E-state index < -0.39 is 23.6 Å². The molecule has 0 spiro atoms. The molecule has 6 nitrogen and oxygen atoms in total. The number of thioether (sulfide) groups is 1. The largest absolute Gasteiger partial charge is 0.506 e. The minimum atomic E-state index is -1.13. The van der Waals surface area contributed by atoms with Crippen LogP contribution in [0, 0.1) is 5.41 Å². The normalized spacial score (nSPS) is 12.6. The second-order valence-electron chi connectivity index (χ2n) is 6.96. The molecule has 3 N–H and O–H groups in total. The van der Waals surface area contributed by atoms with Gasteiger partial charge in [-0.1, -0.05) is 35.9 Å². The number of amides is 1. The van der Waals surface area contributed by atoms with Crippen LogP contribution < -0.4 is 5.32 Å². The molecule has 0 aliphatic heterocycles. The molecule has 0 fully saturated rings. The van der Waals surface area contributed by atoms with Crippen LogP contribution in [0.15, 0.2) is 62.4 Å². The number of halogens is 2. The molecule has 0 unspecified atom stereocenters. The predicted molar refractivity (Wildman–Crippen MR) is 125 cm³/mol. The van der Waals surface area contributed by atoms with Crippen molar-refractivity contribution in [2.24, 2.45) is 5.41 Å². The van der Waals surface area contributed by atoms with Gasteiger partial charge in [-0.2, -0.15) is 0 Å². The van der Waals surface area contributed by atoms with Crippen molar-refractivity contribution in [3.05, 3.63) is 63.1 Å². The molecule has 0 radical (unpaired) electrons. The fraction of sp³-hybridized carbons (Fsp3) is 0.238. The molecule has 1 amide bonds. The molecule has 9 heteroatoms. The van der Waals surface area contributed by atoms with Crippen molar-refractivity contribution in [3.63, 3.8) is 0 Å². The van der Waals surface area contributed by atoms with E-state index in [0.29, 0.717) is 20.2 Å². The molecule has 0 bridgehead atoms. The van der Waals surface area contributed by atoms with Crippen molar-refractivity contribution < 1.29 is 24.5 Å². The summed E-state index contributed by atoms with van der Waals surface area (Å²) < 4.78 is 6.75. The molecule has 0 saturated carbocycles. The Morgan fingerprint density at radius 2 is 1.83 bits per heavy atom. The minimum absolute atomic E-state index is 0.0999. The Kier molecular flexibility index (Phi) is 8.40. The second-order valence-corrected chi connectivity index (χ2v) is 9.61. The summed E-state index contributed by atoms with van der Waals surface area (Å²) in [5, 5.41) is 22.3. The number of aliphatic carboxylic acids is 1. The van der Waals surface area contributed by atoms with Gasteiger partial charge < -0.3 is 14.9 Å². The zero-order valence-electron chi connectivity index (χ0n) is 16.5. The number of rotatable bonds is 7. The minimum Gasteiger partial charge on any atom is -0.506 e. The molecule has 2 aromatic rings. The van der Waals surface area contributed by atoms with Crippen molar-refractivity contribution in [3.8, 4) is 5.75 Å². The van der Waals surface area contributed by atoms with Crippen LogP contribution in [0.2, 0.25) is 0 Å². The van der Waals surface area contributed by atoms with E-state index in [1.165, 1.54) is 6.08 Å². The molecule has 0 aliphatic carbocycles. The predicted octanol–water partition coefficient (Wildman–Crippen LogP) is 6.60. The first-order chi connectivity index (χ1) is 14.0. The summed E-state index contributed by atoms with van der Waals surface area (Å²) in [6, 6.07) is 10.5. The molecule has 1 atom stereocenters. The Morgan fingerprint density at radius 1 is 1.20 bits per heavy atom. The number of ether oxygens (including phenoxy) is 1. The topological polar surface area (TPSA) is 95.9 Å². The van der Waals surface area contributed by atoms with Gasteiger partial charge in [0.15, 0.2) is 0 Å². The van der Waals surface area contributed by atoms with Crippen molar-refractivity contribution in [2.45, 2.75) is 24.8 Å². The quantitative estimate of drug-likeness (QED) is 0.262. The zero-order valence-corrected chi connectivity index (χ0v) is 20.5. The van der Waals surface area contributed by atoms with Crippen LogP contribution in [0.3, 0.4) is 0 Å². The fourth-order valence-corrected chi connectivity index (χ4v) is 4.37. The Morgan fingerprint density at radius 3 is 2.40 bits per heavy atom. The summed E-state index contributed by atoms with van der Waals surface area (Å²) in [6.45, 7) is 3.43. The molecular weight excluding hydrogens is 538 g/mol. The van der Waals surface area contributed by atoms with Crippen molar-refractivity contribution >= 4 is 61.4 Å². The van der Waals surface area contributed by atoms with Gasteiger partial charge >= 0.3 is 12.1 Å². The fourth-order valence-electron chi connectivity index (χ4n) is 2.70. The number of aromatic hydroxyl groups is 1. The summed E-state index contributed by atoms with van der Waals surface area (Å²) >= 11 is 8.23. The lowest BCUT2D eigenvalue weighted by Crippen LogP contribution is -2.28. The number of anilines is 1. The molecule has 0 saturated heterocycles. The van der Waals surface area contributed by atoms with Crippen LogP contribution in [-0.4, -0.2) is 28.5 Å². The smallest absolute Gasteiger partial charge is 0.412 e. The molecule has 2 rings (SSSR count). The highest BCUT2D eigenvalue weighted by atomic mass is 79.9. The lowest BCUT2D eigenvalue weighted by Gasteiger charge is -2.32. The van der Waals surface area contributed by atoms with E-state index in [1.54, 1.807) is 49.9 Å². The molecule has 2 aromatic carbocycles. The zero-order chi connectivity index (χ0) is 22.5. The number of hydrogen-bond acceptors (Lipinski definition) is 5. The van der Waals surface area contributed by atoms with Gasteiger partial charge in [-0.15, -0.1) is 11.8 Å². The molecular formula is C21H21Br2NO5S. The van der Waals surface area contributed by atoms with Gasteiger partial charge in [0.2, 0.25) is 0 Å². The van der Waals surface area contributed by atoms with Crippen molar-refractivity contribution in [1.29, 1.82) is 0 Å². The standard InChI is InChI=1S/C21H21Br2NO5S/c1-21(2,9-8-17(25)26)19(15-10-12(22)11-16(23)18(15)27)29-20(28)24-13-4-6-14(30-3)7-5-13/h4-11,19,27H,1-3H3,(H,24,28)(H,25,26)/b9-8+/t19-/m0/s1. The van der Waals surface area contributed by atoms with Gasteiger partial charge in [0.25, 0.3) is 0 Å². The van der Waals surface area contributed by atoms with Crippen LogP contribution in [-0.2, 0) is 9.53 Å². The summed E-state index contributed by atoms with van der Waals surface area (Å²) in [6.07, 6.45) is 2.65. The highest BCUT2D eigenvalue weighted by molar-refractivity contribution is 9.11. The molecule has 160 valence electrons. The first kappa shape index (κ1) is 24.3. The summed E-state index contributed by atoms with van der Waals surface area (Å²) in [4.78, 5) is 24.7. The van der Waals surface area contributed by atoms with Gasteiger partial charge in [0, 0.05) is 32.1 Å². The number of carboxylic acid groups (broad SMARTS) is 1. The number of carbonyl (C=O) groups is 2. The van der Waals surface area contributed by atoms with E-state index in [9.17, 15) is 14.7 Å². The molecule has 0 aliphatic rings. The maximum atomic E-state index is 12.6. The lowest BCUT2D eigenvalue weighted by molar-refractivity contribution is -0.131. The number of hydrogen-bond donors (Lipinski definition) is 3. The third kappa shape index (κ3) is 6.52. The third-order valence-corrected chi connectivity index (χ3v) is 6.04. The average molecular weight is 559 g/mol. The van der Waals surface area contributed by atoms with Crippen molar-refractivity contribution in [1.82, 2.24) is 0 Å². The van der Waals surface area contributed by atoms with E-state index >= 15 is 0 Å². The van der Waals surface area contributed by atoms with Crippen molar-refractivity contribution in [2.75, 3.05) is 11.6 Å². The maximum Gasteiger partial charge on any atom is 0.412 e. The van der Waals surface area contributed by atoms with Crippen LogP contribution in [0.1, 0.15) is 25.5 Å². The van der Waals surface area contributed by atoms with Gasteiger partial charge in [0.05, 0.1) is 4.47 Å². The number of benzene rings is 2. The maximum absolute atomic E-state index is 12.6. The van der Waals surface area contributed by atoms with Gasteiger partial charge in [0.1, 0.15) is 11.9 Å². The van der Waals surface area contributed by atoms with Crippen LogP contribution >= 0.6 is 43.6 Å². The van der Waals surface area contributed by atoms with E-state index in [0.717, 1.165) is 11.0 Å². The van der Waals surface area contributed by atoms with E-state index in [-0.39, 0.29) is 5.75 Å². The number of phenolic OH excluding ortho intramolecular Hbond substituents is 1. The number of nitrogens with one attached hydrogen (secondary N) is 1. The molecule has 0 heterocycles. The highest BCUT2D eigenvalue weighted by Gasteiger charge is 2.35. The Labute approximate surface area is 196 Å². The molecule has 0 aromatic heterocycles. The van der Waals surface area contributed by atoms with Crippen LogP contribution in [0.5, 0.6) is 5.75 Å². The first-order valence-corrected chi connectivity index (χ1v) is 11.6. The monoisotopic (exact) mass is 557 g/mol. The Hall–Kier alpha value is -1.97. The lowest BCUT2D eigenvalue weighted by atomic mass is 9.81. The highest BCUT2D eigenvalue weighted by Crippen LogP contribution is 2.45. The molecule has 30 heavy (non-hydrogen) atoms. The van der Waals surface area contributed by atoms with Crippen LogP contribution in [0.4, 0.5) is 10.5 Å². The Bertz CT molecular complexity index is 961. The van der Waals surface area contributed by atoms with Gasteiger partial charge in [-0.05, 0) is 58.6 Å². The SMILES string of the molecule is CSc1ccc(NC(=O)O[C@@H](c2cc(Br)cc(Br)c2O)C(C)(C)/C=C/C(=O)O)cc1. The van der Waals surface area contributed by atoms with E-state index in [4.69, 9.17) is 9.84 Å². The van der Waals surface area contributed by atoms with Gasteiger partial charge in [-0.3, -0.25) is 5.32 Å². The summed E-state index contributed by atoms with van der Waals surface area (Å²) in [7, 11) is 0. The number of phenols is 1. The second kappa shape index (κ2) is 10.4. The van der Waals surface area contributed by atoms with Crippen LogP contribution in [0.25, 0.3) is 0 Å². The third-order valence-electron chi connectivity index (χ3n) is 4.23. The van der Waals surface area contributed by atoms with Gasteiger partial charge in [-0.25, -0.2) is 9.59 Å². The Balaban J connectivity index is 2.38. The summed E-state index contributed by atoms with van der Waals surface area (Å²) in [5.41, 5.74) is -0.0740. The van der Waals surface area contributed by atoms with E-state index in [2.05, 4.69) is 37.2 Å². The van der Waals surface area contributed by atoms with E-state index in [1.807, 2.05) is 18.4 Å². The first-order valence-electron chi connectivity index (χ1n) is 8.75.